The predicted molar refractivity (Wildman–Crippen MR) is 84.0 cm³/mol. The highest BCUT2D eigenvalue weighted by Crippen LogP contribution is 2.82. The van der Waals surface area contributed by atoms with Crippen LogP contribution in [0.3, 0.4) is 0 Å². The van der Waals surface area contributed by atoms with Crippen LogP contribution in [-0.4, -0.2) is 41.3 Å². The Morgan fingerprint density at radius 3 is 1.48 bits per heavy atom. The average Bonchev–Trinajstić information content (AvgIpc) is 2.67. The van der Waals surface area contributed by atoms with E-state index >= 15 is 0 Å². The molecule has 21 heavy (non-hydrogen) atoms. The fraction of sp³-hybridized carbons (Fsp3) is 0.500. The maximum atomic E-state index is 12.4. The summed E-state index contributed by atoms with van der Waals surface area (Å²) >= 11 is 49.0. The van der Waals surface area contributed by atoms with Crippen molar-refractivity contribution in [3.8, 4) is 0 Å². The van der Waals surface area contributed by atoms with Crippen molar-refractivity contribution in [2.75, 3.05) is 0 Å². The zero-order valence-corrected chi connectivity index (χ0v) is 15.4. The Hall–Kier alpha value is 1.39. The Kier molecular flexibility index (Phi) is 3.39. The first-order valence-electron chi connectivity index (χ1n) is 5.16. The first kappa shape index (κ1) is 17.2. The van der Waals surface area contributed by atoms with Crippen LogP contribution in [0, 0.1) is 0 Å². The van der Waals surface area contributed by atoms with Crippen LogP contribution in [0.1, 0.15) is 0 Å². The molecule has 0 saturated heterocycles. The van der Waals surface area contributed by atoms with Crippen molar-refractivity contribution in [3.63, 3.8) is 0 Å². The maximum Gasteiger partial charge on any atom is 0.217 e. The number of aliphatic hydroxyl groups is 2. The van der Waals surface area contributed by atoms with Gasteiger partial charge in [0, 0.05) is 0 Å². The van der Waals surface area contributed by atoms with Gasteiger partial charge >= 0.3 is 0 Å². The molecular formula is C10H2Cl8O3. The van der Waals surface area contributed by atoms with E-state index in [1.807, 2.05) is 0 Å². The van der Waals surface area contributed by atoms with E-state index in [1.165, 1.54) is 0 Å². The quantitative estimate of drug-likeness (QED) is 0.435. The number of fused-ring (bicyclic) bond motifs is 5. The summed E-state index contributed by atoms with van der Waals surface area (Å²) in [6, 6.07) is 0. The van der Waals surface area contributed by atoms with Crippen molar-refractivity contribution in [1.82, 2.24) is 0 Å². The van der Waals surface area contributed by atoms with Gasteiger partial charge in [-0.15, -0.1) is 46.4 Å². The fourth-order valence-corrected chi connectivity index (χ4v) is 7.18. The van der Waals surface area contributed by atoms with Crippen LogP contribution < -0.4 is 0 Å². The molecule has 0 aromatic rings. The van der Waals surface area contributed by atoms with Crippen LogP contribution in [0.15, 0.2) is 20.1 Å². The molecule has 3 rings (SSSR count). The SMILES string of the molecule is O=C1C(Cl)=C(Cl)[C@]2(Cl)[C@@]1(Cl)[C@@]1(Cl)C(Cl)=C(Cl)[C@@]2(Cl)C1(O)O. The number of carbonyl (C=O) groups is 1. The van der Waals surface area contributed by atoms with E-state index in [-0.39, 0.29) is 0 Å². The second kappa shape index (κ2) is 4.13. The molecule has 2 N–H and O–H groups in total. The molecule has 0 amide bonds. The molecule has 0 aliphatic heterocycles. The Balaban J connectivity index is 2.55. The van der Waals surface area contributed by atoms with Crippen molar-refractivity contribution in [1.29, 1.82) is 0 Å². The minimum absolute atomic E-state index is 0.477. The summed E-state index contributed by atoms with van der Waals surface area (Å²) in [5.41, 5.74) is 0. The van der Waals surface area contributed by atoms with E-state index in [1.54, 1.807) is 0 Å². The van der Waals surface area contributed by atoms with Gasteiger partial charge in [-0.25, -0.2) is 0 Å². The first-order valence-corrected chi connectivity index (χ1v) is 8.19. The molecule has 3 nitrogen and oxygen atoms in total. The third-order valence-electron chi connectivity index (χ3n) is 4.19. The van der Waals surface area contributed by atoms with Crippen LogP contribution in [0.2, 0.25) is 0 Å². The summed E-state index contributed by atoms with van der Waals surface area (Å²) in [7, 11) is 0. The highest BCUT2D eigenvalue weighted by molar-refractivity contribution is 6.70. The van der Waals surface area contributed by atoms with E-state index in [4.69, 9.17) is 92.8 Å². The zero-order valence-electron chi connectivity index (χ0n) is 9.33. The molecule has 1 fully saturated rings. The zero-order chi connectivity index (χ0) is 16.4. The van der Waals surface area contributed by atoms with E-state index in [9.17, 15) is 15.0 Å². The van der Waals surface area contributed by atoms with Crippen LogP contribution >= 0.6 is 92.8 Å². The van der Waals surface area contributed by atoms with Gasteiger partial charge in [-0.1, -0.05) is 46.4 Å². The van der Waals surface area contributed by atoms with Crippen molar-refractivity contribution >= 4 is 98.6 Å². The third-order valence-corrected chi connectivity index (χ3v) is 9.71. The Bertz CT molecular complexity index is 686. The van der Waals surface area contributed by atoms with Crippen molar-refractivity contribution < 1.29 is 15.0 Å². The summed E-state index contributed by atoms with van der Waals surface area (Å²) in [6.45, 7) is 0. The van der Waals surface area contributed by atoms with Gasteiger partial charge in [0.25, 0.3) is 0 Å². The molecule has 3 aliphatic carbocycles. The lowest BCUT2D eigenvalue weighted by atomic mass is 9.82. The predicted octanol–water partition coefficient (Wildman–Crippen LogP) is 3.57. The molecule has 2 bridgehead atoms. The van der Waals surface area contributed by atoms with Gasteiger partial charge in [0.05, 0.1) is 15.1 Å². The van der Waals surface area contributed by atoms with Gasteiger partial charge in [-0.2, -0.15) is 0 Å². The Morgan fingerprint density at radius 2 is 1.05 bits per heavy atom. The molecule has 3 aliphatic rings. The number of hydrogen-bond acceptors (Lipinski definition) is 3. The van der Waals surface area contributed by atoms with Crippen LogP contribution in [0.4, 0.5) is 0 Å². The van der Waals surface area contributed by atoms with Gasteiger partial charge in [-0.05, 0) is 0 Å². The summed E-state index contributed by atoms with van der Waals surface area (Å²) in [6.07, 6.45) is 0. The average molecular weight is 454 g/mol. The number of ketones is 1. The Morgan fingerprint density at radius 1 is 0.667 bits per heavy atom. The summed E-state index contributed by atoms with van der Waals surface area (Å²) in [4.78, 5) is 2.70. The van der Waals surface area contributed by atoms with Gasteiger partial charge in [0.1, 0.15) is 9.91 Å². The fourth-order valence-electron chi connectivity index (χ4n) is 3.12. The van der Waals surface area contributed by atoms with Crippen molar-refractivity contribution in [2.24, 2.45) is 0 Å². The minimum Gasteiger partial charge on any atom is -0.362 e. The molecule has 0 spiro atoms. The maximum absolute atomic E-state index is 12.4. The number of hydrogen-bond donors (Lipinski definition) is 2. The Labute approximate surface area is 158 Å². The van der Waals surface area contributed by atoms with E-state index in [0.29, 0.717) is 0 Å². The topological polar surface area (TPSA) is 57.5 Å². The van der Waals surface area contributed by atoms with E-state index < -0.39 is 51.2 Å². The van der Waals surface area contributed by atoms with Gasteiger partial charge < -0.3 is 10.2 Å². The largest absolute Gasteiger partial charge is 0.362 e. The normalized spacial score (nSPS) is 51.2. The number of rotatable bonds is 0. The summed E-state index contributed by atoms with van der Waals surface area (Å²) < 4.78 is 0. The second-order valence-corrected chi connectivity index (χ2v) is 8.67. The lowest BCUT2D eigenvalue weighted by Gasteiger charge is -2.43. The molecule has 0 radical (unpaired) electrons. The molecule has 11 heteroatoms. The molecular weight excluding hydrogens is 452 g/mol. The molecule has 0 unspecified atom stereocenters. The lowest BCUT2D eigenvalue weighted by molar-refractivity contribution is -0.175. The molecule has 116 valence electrons. The van der Waals surface area contributed by atoms with Gasteiger partial charge in [0.2, 0.25) is 11.6 Å². The lowest BCUT2D eigenvalue weighted by Crippen LogP contribution is -2.61. The standard InChI is InChI=1S/C10H2Cl8O3/c11-1-2(12)6(15)7(16)3(13)4(14)8(17,10(7,20)21)9(6,18)5(1)19/h20-21H/t6-,7+,8+,9-/m1/s1. The van der Waals surface area contributed by atoms with E-state index in [0.717, 1.165) is 0 Å². The number of halogens is 8. The molecule has 0 aromatic carbocycles. The number of carbonyl (C=O) groups excluding carboxylic acids is 1. The highest BCUT2D eigenvalue weighted by Gasteiger charge is 2.98. The van der Waals surface area contributed by atoms with Gasteiger partial charge in [-0.3, -0.25) is 4.79 Å². The molecule has 1 saturated carbocycles. The number of alkyl halides is 4. The van der Waals surface area contributed by atoms with Crippen LogP contribution in [0.5, 0.6) is 0 Å². The first-order chi connectivity index (χ1) is 9.29. The third kappa shape index (κ3) is 1.18. The molecule has 0 heterocycles. The van der Waals surface area contributed by atoms with E-state index in [2.05, 4.69) is 0 Å². The monoisotopic (exact) mass is 450 g/mol. The van der Waals surface area contributed by atoms with Crippen molar-refractivity contribution in [2.45, 2.75) is 25.3 Å². The summed E-state index contributed by atoms with van der Waals surface area (Å²) in [5.74, 6) is -4.09. The minimum atomic E-state index is -3.06. The van der Waals surface area contributed by atoms with Crippen LogP contribution in [-0.2, 0) is 4.79 Å². The van der Waals surface area contributed by atoms with Crippen molar-refractivity contribution in [3.05, 3.63) is 20.1 Å². The summed E-state index contributed by atoms with van der Waals surface area (Å²) in [5, 5.41) is 18.9. The molecule has 4 atom stereocenters. The second-order valence-electron chi connectivity index (χ2n) is 4.89. The van der Waals surface area contributed by atoms with Gasteiger partial charge in [0.15, 0.2) is 14.6 Å². The molecule has 0 aromatic heterocycles. The number of allylic oxidation sites excluding steroid dienone is 2. The number of Topliss-reactive ketones (excluding diaryl/α,β-unsaturated/α-hetero) is 1. The van der Waals surface area contributed by atoms with Crippen LogP contribution in [0.25, 0.3) is 0 Å². The highest BCUT2D eigenvalue weighted by atomic mass is 35.5. The smallest absolute Gasteiger partial charge is 0.217 e.